The minimum Gasteiger partial charge on any atom is -0.326 e. The maximum atomic E-state index is 5.50. The highest BCUT2D eigenvalue weighted by Crippen LogP contribution is 1.83. The van der Waals surface area contributed by atoms with Crippen LogP contribution in [0.1, 0.15) is 6.92 Å². The van der Waals surface area contributed by atoms with Gasteiger partial charge in [0.05, 0.1) is 12.7 Å². The van der Waals surface area contributed by atoms with Crippen LogP contribution in [0, 0.1) is 0 Å². The Bertz CT molecular complexity index is 163. The molecule has 0 aromatic carbocycles. The number of aromatic nitrogens is 3. The monoisotopic (exact) mass is 198 g/mol. The molecule has 4 nitrogen and oxygen atoms in total. The fourth-order valence-electron chi connectivity index (χ4n) is 0.625. The lowest BCUT2D eigenvalue weighted by atomic mass is 10.4. The van der Waals surface area contributed by atoms with Gasteiger partial charge in [0.25, 0.3) is 0 Å². The van der Waals surface area contributed by atoms with Gasteiger partial charge in [0, 0.05) is 12.2 Å². The Labute approximate surface area is 78.0 Å². The van der Waals surface area contributed by atoms with Gasteiger partial charge < -0.3 is 5.73 Å². The van der Waals surface area contributed by atoms with Gasteiger partial charge >= 0.3 is 0 Å². The molecule has 1 heterocycles. The minimum atomic E-state index is 0. The van der Waals surface area contributed by atoms with E-state index in [1.54, 1.807) is 17.1 Å². The summed E-state index contributed by atoms with van der Waals surface area (Å²) in [5.74, 6) is 0. The molecule has 0 radical (unpaired) electrons. The number of hydrogen-bond acceptors (Lipinski definition) is 3. The minimum absolute atomic E-state index is 0. The lowest BCUT2D eigenvalue weighted by molar-refractivity contribution is 0.523. The van der Waals surface area contributed by atoms with Crippen LogP contribution in [0.4, 0.5) is 0 Å². The maximum Gasteiger partial charge on any atom is 0.0692 e. The van der Waals surface area contributed by atoms with Crippen molar-refractivity contribution in [1.29, 1.82) is 0 Å². The molecule has 0 amide bonds. The SMILES string of the molecule is C[C@@H](N)Cn1ccnn1.Cl.Cl. The molecule has 0 saturated carbocycles. The first-order valence-corrected chi connectivity index (χ1v) is 2.88. The summed E-state index contributed by atoms with van der Waals surface area (Å²) in [4.78, 5) is 0. The molecule has 0 unspecified atom stereocenters. The van der Waals surface area contributed by atoms with Gasteiger partial charge in [-0.1, -0.05) is 5.21 Å². The first kappa shape index (κ1) is 13.3. The largest absolute Gasteiger partial charge is 0.326 e. The molecule has 0 fully saturated rings. The molecule has 2 N–H and O–H groups in total. The van der Waals surface area contributed by atoms with Crippen LogP contribution in [0.3, 0.4) is 0 Å². The molecule has 1 atom stereocenters. The van der Waals surface area contributed by atoms with Crippen LogP contribution < -0.4 is 5.73 Å². The summed E-state index contributed by atoms with van der Waals surface area (Å²) in [6.07, 6.45) is 3.44. The second-order valence-corrected chi connectivity index (χ2v) is 2.10. The summed E-state index contributed by atoms with van der Waals surface area (Å²) in [5.41, 5.74) is 5.50. The van der Waals surface area contributed by atoms with Gasteiger partial charge in [0.2, 0.25) is 0 Å². The lowest BCUT2D eigenvalue weighted by Crippen LogP contribution is -2.22. The fourth-order valence-corrected chi connectivity index (χ4v) is 0.625. The molecular formula is C5H12Cl2N4. The predicted molar refractivity (Wildman–Crippen MR) is 48.2 cm³/mol. The van der Waals surface area contributed by atoms with E-state index in [9.17, 15) is 0 Å². The standard InChI is InChI=1S/C5H10N4.2ClH/c1-5(6)4-9-3-2-7-8-9;;/h2-3,5H,4,6H2,1H3;2*1H/t5-;;/m1../s1. The van der Waals surface area contributed by atoms with E-state index in [1.807, 2.05) is 6.92 Å². The van der Waals surface area contributed by atoms with Gasteiger partial charge in [-0.3, -0.25) is 4.68 Å². The molecule has 1 aromatic heterocycles. The van der Waals surface area contributed by atoms with E-state index in [4.69, 9.17) is 5.73 Å². The number of halogens is 2. The zero-order valence-corrected chi connectivity index (χ0v) is 7.81. The Morgan fingerprint density at radius 3 is 2.55 bits per heavy atom. The summed E-state index contributed by atoms with van der Waals surface area (Å²) in [7, 11) is 0. The third-order valence-electron chi connectivity index (χ3n) is 0.947. The number of nitrogens with two attached hydrogens (primary N) is 1. The molecule has 1 rings (SSSR count). The molecule has 11 heavy (non-hydrogen) atoms. The van der Waals surface area contributed by atoms with E-state index in [0.717, 1.165) is 6.54 Å². The number of nitrogens with zero attached hydrogens (tertiary/aromatic N) is 3. The fraction of sp³-hybridized carbons (Fsp3) is 0.600. The van der Waals surface area contributed by atoms with Crippen LogP contribution in [-0.4, -0.2) is 21.0 Å². The van der Waals surface area contributed by atoms with Crippen LogP contribution >= 0.6 is 24.8 Å². The zero-order valence-electron chi connectivity index (χ0n) is 6.17. The summed E-state index contributed by atoms with van der Waals surface area (Å²) in [6, 6.07) is 0.145. The average molecular weight is 199 g/mol. The van der Waals surface area contributed by atoms with Gasteiger partial charge in [-0.25, -0.2) is 0 Å². The molecule has 0 spiro atoms. The highest BCUT2D eigenvalue weighted by Gasteiger charge is 1.94. The Balaban J connectivity index is 0. The Hall–Kier alpha value is -0.320. The molecule has 66 valence electrons. The molecule has 0 saturated heterocycles. The molecule has 6 heteroatoms. The van der Waals surface area contributed by atoms with Crippen LogP contribution in [0.2, 0.25) is 0 Å². The van der Waals surface area contributed by atoms with Crippen molar-refractivity contribution in [3.8, 4) is 0 Å². The zero-order chi connectivity index (χ0) is 6.69. The van der Waals surface area contributed by atoms with E-state index >= 15 is 0 Å². The summed E-state index contributed by atoms with van der Waals surface area (Å²) in [6.45, 7) is 2.67. The molecule has 0 bridgehead atoms. The second-order valence-electron chi connectivity index (χ2n) is 2.10. The third-order valence-corrected chi connectivity index (χ3v) is 0.947. The van der Waals surface area contributed by atoms with Crippen LogP contribution in [0.25, 0.3) is 0 Å². The van der Waals surface area contributed by atoms with E-state index in [2.05, 4.69) is 10.3 Å². The normalized spacial score (nSPS) is 11.1. The van der Waals surface area contributed by atoms with Gasteiger partial charge in [0.15, 0.2) is 0 Å². The van der Waals surface area contributed by atoms with Crippen molar-refractivity contribution >= 4 is 24.8 Å². The summed E-state index contributed by atoms with van der Waals surface area (Å²) < 4.78 is 1.71. The lowest BCUT2D eigenvalue weighted by Gasteiger charge is -2.01. The van der Waals surface area contributed by atoms with Crippen LogP contribution in [0.15, 0.2) is 12.4 Å². The van der Waals surface area contributed by atoms with Crippen LogP contribution in [-0.2, 0) is 6.54 Å². The molecule has 1 aromatic rings. The Morgan fingerprint density at radius 1 is 1.55 bits per heavy atom. The maximum absolute atomic E-state index is 5.50. The Morgan fingerprint density at radius 2 is 2.18 bits per heavy atom. The van der Waals surface area contributed by atoms with E-state index < -0.39 is 0 Å². The van der Waals surface area contributed by atoms with Crippen molar-refractivity contribution in [3.63, 3.8) is 0 Å². The average Bonchev–Trinajstić information content (AvgIpc) is 2.15. The van der Waals surface area contributed by atoms with Crippen molar-refractivity contribution in [1.82, 2.24) is 15.0 Å². The molecule has 0 aliphatic rings. The Kier molecular flexibility index (Phi) is 7.72. The van der Waals surface area contributed by atoms with E-state index in [0.29, 0.717) is 0 Å². The molecular weight excluding hydrogens is 187 g/mol. The molecule has 0 aliphatic carbocycles. The predicted octanol–water partition coefficient (Wildman–Crippen LogP) is 0.469. The number of rotatable bonds is 2. The van der Waals surface area contributed by atoms with Gasteiger partial charge in [-0.15, -0.1) is 29.9 Å². The van der Waals surface area contributed by atoms with Gasteiger partial charge in [0.1, 0.15) is 0 Å². The van der Waals surface area contributed by atoms with Crippen molar-refractivity contribution in [2.75, 3.05) is 0 Å². The second kappa shape index (κ2) is 6.39. The van der Waals surface area contributed by atoms with Crippen molar-refractivity contribution in [2.24, 2.45) is 5.73 Å². The highest BCUT2D eigenvalue weighted by atomic mass is 35.5. The first-order chi connectivity index (χ1) is 4.29. The van der Waals surface area contributed by atoms with Gasteiger partial charge in [-0.2, -0.15) is 0 Å². The summed E-state index contributed by atoms with van der Waals surface area (Å²) >= 11 is 0. The van der Waals surface area contributed by atoms with Crippen molar-refractivity contribution < 1.29 is 0 Å². The van der Waals surface area contributed by atoms with E-state index in [-0.39, 0.29) is 30.9 Å². The summed E-state index contributed by atoms with van der Waals surface area (Å²) in [5, 5.41) is 7.38. The highest BCUT2D eigenvalue weighted by molar-refractivity contribution is 5.85. The van der Waals surface area contributed by atoms with Crippen molar-refractivity contribution in [3.05, 3.63) is 12.4 Å². The quantitative estimate of drug-likeness (QED) is 0.753. The first-order valence-electron chi connectivity index (χ1n) is 2.88. The van der Waals surface area contributed by atoms with E-state index in [1.165, 1.54) is 0 Å². The molecule has 0 aliphatic heterocycles. The van der Waals surface area contributed by atoms with Crippen molar-refractivity contribution in [2.45, 2.75) is 19.5 Å². The van der Waals surface area contributed by atoms with Gasteiger partial charge in [-0.05, 0) is 6.92 Å². The van der Waals surface area contributed by atoms with Crippen LogP contribution in [0.5, 0.6) is 0 Å². The topological polar surface area (TPSA) is 56.7 Å². The third kappa shape index (κ3) is 5.01. The number of hydrogen-bond donors (Lipinski definition) is 1. The smallest absolute Gasteiger partial charge is 0.0692 e.